The van der Waals surface area contributed by atoms with E-state index in [4.69, 9.17) is 5.73 Å². The van der Waals surface area contributed by atoms with Crippen molar-refractivity contribution >= 4 is 33.5 Å². The fraction of sp³-hybridized carbons (Fsp3) is 0.421. The number of benzene rings is 1. The minimum Gasteiger partial charge on any atom is -0.384 e. The number of nitrogens with zero attached hydrogens (tertiary/aromatic N) is 4. The monoisotopic (exact) mass is 435 g/mol. The van der Waals surface area contributed by atoms with E-state index in [9.17, 15) is 13.2 Å². The van der Waals surface area contributed by atoms with Crippen LogP contribution in [-0.4, -0.2) is 65.4 Å². The van der Waals surface area contributed by atoms with Gasteiger partial charge < -0.3 is 10.6 Å². The third-order valence-corrected chi connectivity index (χ3v) is 7.61. The van der Waals surface area contributed by atoms with Crippen LogP contribution in [0.25, 0.3) is 0 Å². The van der Waals surface area contributed by atoms with Gasteiger partial charge in [-0.05, 0) is 44.0 Å². The highest BCUT2D eigenvalue weighted by Gasteiger charge is 2.30. The van der Waals surface area contributed by atoms with Gasteiger partial charge in [0.25, 0.3) is 0 Å². The van der Waals surface area contributed by atoms with Crippen molar-refractivity contribution in [2.24, 2.45) is 0 Å². The van der Waals surface area contributed by atoms with Crippen molar-refractivity contribution in [3.63, 3.8) is 0 Å². The Morgan fingerprint density at radius 2 is 1.76 bits per heavy atom. The highest BCUT2D eigenvalue weighted by molar-refractivity contribution is 7.99. The number of aromatic nitrogens is 2. The number of sulfonamides is 1. The van der Waals surface area contributed by atoms with Crippen molar-refractivity contribution in [2.75, 3.05) is 37.7 Å². The van der Waals surface area contributed by atoms with Gasteiger partial charge in [-0.3, -0.25) is 4.79 Å². The first kappa shape index (κ1) is 21.5. The number of amides is 1. The van der Waals surface area contributed by atoms with E-state index in [-0.39, 0.29) is 24.7 Å². The molecule has 156 valence electrons. The minimum atomic E-state index is -3.56. The molecule has 2 heterocycles. The zero-order valence-electron chi connectivity index (χ0n) is 16.8. The van der Waals surface area contributed by atoms with Crippen LogP contribution >= 0.6 is 11.8 Å². The molecular formula is C19H25N5O3S2. The highest BCUT2D eigenvalue weighted by atomic mass is 32.2. The molecule has 1 aliphatic heterocycles. The number of rotatable bonds is 5. The molecule has 10 heteroatoms. The molecule has 0 atom stereocenters. The molecule has 8 nitrogen and oxygen atoms in total. The first-order valence-electron chi connectivity index (χ1n) is 9.26. The Hall–Kier alpha value is -2.17. The van der Waals surface area contributed by atoms with Crippen LogP contribution in [0.2, 0.25) is 0 Å². The van der Waals surface area contributed by atoms with E-state index in [2.05, 4.69) is 9.97 Å². The maximum Gasteiger partial charge on any atom is 0.243 e. The molecular weight excluding hydrogens is 410 g/mol. The van der Waals surface area contributed by atoms with Gasteiger partial charge in [0, 0.05) is 37.9 Å². The fourth-order valence-corrected chi connectivity index (χ4v) is 5.37. The minimum absolute atomic E-state index is 0.0677. The summed E-state index contributed by atoms with van der Waals surface area (Å²) in [5.74, 6) is 0.492. The van der Waals surface area contributed by atoms with Gasteiger partial charge in [0.05, 0.1) is 10.6 Å². The Balaban J connectivity index is 1.58. The van der Waals surface area contributed by atoms with Crippen molar-refractivity contribution in [1.29, 1.82) is 0 Å². The number of carbonyl (C=O) groups excluding carboxylic acids is 1. The summed E-state index contributed by atoms with van der Waals surface area (Å²) in [6.45, 7) is 6.94. The summed E-state index contributed by atoms with van der Waals surface area (Å²) in [4.78, 5) is 22.8. The topological polar surface area (TPSA) is 109 Å². The van der Waals surface area contributed by atoms with E-state index in [1.165, 1.54) is 16.1 Å². The first-order valence-corrected chi connectivity index (χ1v) is 11.7. The molecule has 0 aliphatic carbocycles. The summed E-state index contributed by atoms with van der Waals surface area (Å²) in [6.07, 6.45) is 0. The van der Waals surface area contributed by atoms with E-state index in [0.29, 0.717) is 29.0 Å². The van der Waals surface area contributed by atoms with Gasteiger partial charge >= 0.3 is 0 Å². The molecule has 1 amide bonds. The quantitative estimate of drug-likeness (QED) is 0.561. The third kappa shape index (κ3) is 5.06. The maximum absolute atomic E-state index is 12.9. The summed E-state index contributed by atoms with van der Waals surface area (Å²) in [5, 5.41) is 0.465. The number of nitrogens with two attached hydrogens (primary N) is 1. The molecule has 1 saturated heterocycles. The number of nitrogen functional groups attached to an aromatic ring is 1. The van der Waals surface area contributed by atoms with Crippen LogP contribution in [0.4, 0.5) is 5.82 Å². The van der Waals surface area contributed by atoms with Crippen LogP contribution in [0.3, 0.4) is 0 Å². The Labute approximate surface area is 175 Å². The molecule has 1 aromatic heterocycles. The van der Waals surface area contributed by atoms with Crippen LogP contribution in [0.5, 0.6) is 0 Å². The first-order chi connectivity index (χ1) is 13.7. The Kier molecular flexibility index (Phi) is 6.45. The van der Waals surface area contributed by atoms with Crippen LogP contribution < -0.4 is 5.73 Å². The van der Waals surface area contributed by atoms with E-state index in [0.717, 1.165) is 16.8 Å². The molecule has 2 aromatic rings. The van der Waals surface area contributed by atoms with Gasteiger partial charge in [0.15, 0.2) is 5.16 Å². The van der Waals surface area contributed by atoms with E-state index >= 15 is 0 Å². The molecule has 0 radical (unpaired) electrons. The third-order valence-electron chi connectivity index (χ3n) is 4.89. The van der Waals surface area contributed by atoms with Crippen molar-refractivity contribution in [2.45, 2.75) is 30.8 Å². The Morgan fingerprint density at radius 3 is 2.38 bits per heavy atom. The maximum atomic E-state index is 12.9. The number of piperazine rings is 1. The van der Waals surface area contributed by atoms with Crippen molar-refractivity contribution in [1.82, 2.24) is 19.2 Å². The molecule has 0 spiro atoms. The van der Waals surface area contributed by atoms with Gasteiger partial charge in [-0.25, -0.2) is 18.4 Å². The fourth-order valence-electron chi connectivity index (χ4n) is 3.05. The SMILES string of the molecule is Cc1cc(N)nc(SCC(=O)N2CCN(S(=O)(=O)c3ccc(C)c(C)c3)CC2)n1. The van der Waals surface area contributed by atoms with E-state index < -0.39 is 10.0 Å². The molecule has 1 aromatic carbocycles. The van der Waals surface area contributed by atoms with Gasteiger partial charge in [0.1, 0.15) is 5.82 Å². The summed E-state index contributed by atoms with van der Waals surface area (Å²) in [6, 6.07) is 6.83. The lowest BCUT2D eigenvalue weighted by atomic mass is 10.1. The van der Waals surface area contributed by atoms with Gasteiger partial charge in [0.2, 0.25) is 15.9 Å². The number of aryl methyl sites for hydroxylation is 3. The molecule has 2 N–H and O–H groups in total. The second-order valence-electron chi connectivity index (χ2n) is 7.04. The van der Waals surface area contributed by atoms with Crippen molar-refractivity contribution < 1.29 is 13.2 Å². The number of hydrogen-bond donors (Lipinski definition) is 1. The molecule has 3 rings (SSSR count). The van der Waals surface area contributed by atoms with Gasteiger partial charge in [-0.2, -0.15) is 4.31 Å². The predicted molar refractivity (Wildman–Crippen MR) is 113 cm³/mol. The lowest BCUT2D eigenvalue weighted by Gasteiger charge is -2.34. The second-order valence-corrected chi connectivity index (χ2v) is 9.92. The Bertz CT molecular complexity index is 998. The predicted octanol–water partition coefficient (Wildman–Crippen LogP) is 1.61. The smallest absolute Gasteiger partial charge is 0.243 e. The lowest BCUT2D eigenvalue weighted by molar-refractivity contribution is -0.129. The molecule has 0 unspecified atom stereocenters. The van der Waals surface area contributed by atoms with Gasteiger partial charge in [-0.1, -0.05) is 17.8 Å². The number of hydrogen-bond acceptors (Lipinski definition) is 7. The average molecular weight is 436 g/mol. The van der Waals surface area contributed by atoms with Crippen LogP contribution in [0, 0.1) is 20.8 Å². The zero-order chi connectivity index (χ0) is 21.2. The Morgan fingerprint density at radius 1 is 1.07 bits per heavy atom. The molecule has 1 fully saturated rings. The van der Waals surface area contributed by atoms with E-state index in [1.54, 1.807) is 23.1 Å². The van der Waals surface area contributed by atoms with Crippen LogP contribution in [0.15, 0.2) is 34.3 Å². The summed E-state index contributed by atoms with van der Waals surface area (Å²) >= 11 is 1.23. The second kappa shape index (κ2) is 8.68. The van der Waals surface area contributed by atoms with Crippen LogP contribution in [-0.2, 0) is 14.8 Å². The lowest BCUT2D eigenvalue weighted by Crippen LogP contribution is -2.51. The number of anilines is 1. The van der Waals surface area contributed by atoms with E-state index in [1.807, 2.05) is 26.8 Å². The molecule has 0 saturated carbocycles. The number of thioether (sulfide) groups is 1. The van der Waals surface area contributed by atoms with Gasteiger partial charge in [-0.15, -0.1) is 0 Å². The number of carbonyl (C=O) groups is 1. The normalized spacial score (nSPS) is 15.5. The van der Waals surface area contributed by atoms with Crippen molar-refractivity contribution in [3.05, 3.63) is 41.1 Å². The zero-order valence-corrected chi connectivity index (χ0v) is 18.4. The molecule has 1 aliphatic rings. The summed E-state index contributed by atoms with van der Waals surface area (Å²) in [7, 11) is -3.56. The summed E-state index contributed by atoms with van der Waals surface area (Å²) in [5.41, 5.74) is 8.45. The van der Waals surface area contributed by atoms with Crippen molar-refractivity contribution in [3.8, 4) is 0 Å². The highest BCUT2D eigenvalue weighted by Crippen LogP contribution is 2.21. The standard InChI is InChI=1S/C19H25N5O3S2/c1-13-4-5-16(10-14(13)2)29(26,27)24-8-6-23(7-9-24)18(25)12-28-19-21-15(3)11-17(20)22-19/h4-5,10-11H,6-9,12H2,1-3H3,(H2,20,21,22). The largest absolute Gasteiger partial charge is 0.384 e. The molecule has 0 bridgehead atoms. The average Bonchev–Trinajstić information content (AvgIpc) is 2.67. The molecule has 29 heavy (non-hydrogen) atoms. The summed E-state index contributed by atoms with van der Waals surface area (Å²) < 4.78 is 27.2. The van der Waals surface area contributed by atoms with Crippen LogP contribution in [0.1, 0.15) is 16.8 Å².